The van der Waals surface area contributed by atoms with Crippen molar-refractivity contribution in [2.75, 3.05) is 0 Å². The summed E-state index contributed by atoms with van der Waals surface area (Å²) in [5.41, 5.74) is 5.01. The Morgan fingerprint density at radius 3 is 2.50 bits per heavy atom. The molecule has 0 aliphatic heterocycles. The fraction of sp³-hybridized carbons (Fsp3) is 0.167. The predicted octanol–water partition coefficient (Wildman–Crippen LogP) is 5.14. The number of aryl methyl sites for hydroxylation is 2. The molecule has 0 aliphatic carbocycles. The minimum absolute atomic E-state index is 0.963. The van der Waals surface area contributed by atoms with E-state index in [0.29, 0.717) is 0 Å². The standard InChI is InChI=1S/C18H17NS/c1-13-7-6-10-16-14(2)11-17(19-18(13)16)20-12-15-8-4-3-5-9-15/h3-11H,12H2,1-2H3. The molecule has 0 saturated heterocycles. The van der Waals surface area contributed by atoms with Crippen LogP contribution in [0.15, 0.2) is 59.6 Å². The summed E-state index contributed by atoms with van der Waals surface area (Å²) < 4.78 is 0. The van der Waals surface area contributed by atoms with Gasteiger partial charge in [0.25, 0.3) is 0 Å². The van der Waals surface area contributed by atoms with Crippen LogP contribution < -0.4 is 0 Å². The molecule has 0 atom stereocenters. The highest BCUT2D eigenvalue weighted by atomic mass is 32.2. The first-order chi connectivity index (χ1) is 9.74. The van der Waals surface area contributed by atoms with Gasteiger partial charge in [0.05, 0.1) is 10.5 Å². The molecule has 0 saturated carbocycles. The van der Waals surface area contributed by atoms with Gasteiger partial charge in [0.2, 0.25) is 0 Å². The topological polar surface area (TPSA) is 12.9 Å². The summed E-state index contributed by atoms with van der Waals surface area (Å²) in [4.78, 5) is 4.81. The van der Waals surface area contributed by atoms with Gasteiger partial charge in [-0.25, -0.2) is 4.98 Å². The van der Waals surface area contributed by atoms with Crippen LogP contribution in [0.5, 0.6) is 0 Å². The molecule has 3 aromatic rings. The SMILES string of the molecule is Cc1cc(SCc2ccccc2)nc2c(C)cccc12. The van der Waals surface area contributed by atoms with Gasteiger partial charge >= 0.3 is 0 Å². The number of aromatic nitrogens is 1. The quantitative estimate of drug-likeness (QED) is 0.615. The van der Waals surface area contributed by atoms with Crippen molar-refractivity contribution in [3.8, 4) is 0 Å². The summed E-state index contributed by atoms with van der Waals surface area (Å²) in [5.74, 6) is 0.963. The Bertz CT molecular complexity index is 735. The van der Waals surface area contributed by atoms with E-state index in [1.165, 1.54) is 22.1 Å². The molecule has 0 amide bonds. The molecule has 2 heteroatoms. The molecule has 0 N–H and O–H groups in total. The maximum atomic E-state index is 4.81. The Hall–Kier alpha value is -1.80. The Morgan fingerprint density at radius 1 is 0.900 bits per heavy atom. The summed E-state index contributed by atoms with van der Waals surface area (Å²) in [5, 5.41) is 2.36. The molecule has 0 radical (unpaired) electrons. The van der Waals surface area contributed by atoms with Gasteiger partial charge in [-0.1, -0.05) is 48.5 Å². The molecule has 0 unspecified atom stereocenters. The van der Waals surface area contributed by atoms with Gasteiger partial charge in [0.15, 0.2) is 0 Å². The summed E-state index contributed by atoms with van der Waals surface area (Å²) in [6, 6.07) is 19.1. The maximum absolute atomic E-state index is 4.81. The number of hydrogen-bond donors (Lipinski definition) is 0. The van der Waals surface area contributed by atoms with Gasteiger partial charge in [-0.2, -0.15) is 0 Å². The summed E-state index contributed by atoms with van der Waals surface area (Å²) >= 11 is 1.80. The number of hydrogen-bond acceptors (Lipinski definition) is 2. The molecular weight excluding hydrogens is 262 g/mol. The zero-order chi connectivity index (χ0) is 13.9. The van der Waals surface area contributed by atoms with E-state index >= 15 is 0 Å². The minimum Gasteiger partial charge on any atom is -0.241 e. The van der Waals surface area contributed by atoms with Crippen molar-refractivity contribution in [1.82, 2.24) is 4.98 Å². The van der Waals surface area contributed by atoms with Gasteiger partial charge < -0.3 is 0 Å². The van der Waals surface area contributed by atoms with E-state index < -0.39 is 0 Å². The first kappa shape index (κ1) is 13.2. The second-order valence-electron chi connectivity index (χ2n) is 5.02. The molecule has 0 aliphatic rings. The molecule has 3 rings (SSSR count). The zero-order valence-electron chi connectivity index (χ0n) is 11.8. The van der Waals surface area contributed by atoms with Crippen LogP contribution in [0.4, 0.5) is 0 Å². The Morgan fingerprint density at radius 2 is 1.70 bits per heavy atom. The van der Waals surface area contributed by atoms with E-state index in [0.717, 1.165) is 16.3 Å². The van der Waals surface area contributed by atoms with E-state index in [9.17, 15) is 0 Å². The van der Waals surface area contributed by atoms with Crippen LogP contribution in [0, 0.1) is 13.8 Å². The van der Waals surface area contributed by atoms with Crippen molar-refractivity contribution in [2.45, 2.75) is 24.6 Å². The van der Waals surface area contributed by atoms with Crippen molar-refractivity contribution in [3.05, 3.63) is 71.3 Å². The third-order valence-electron chi connectivity index (χ3n) is 3.45. The van der Waals surface area contributed by atoms with Crippen LogP contribution in [0.2, 0.25) is 0 Å². The van der Waals surface area contributed by atoms with Gasteiger partial charge in [0, 0.05) is 11.1 Å². The van der Waals surface area contributed by atoms with E-state index in [4.69, 9.17) is 4.98 Å². The number of rotatable bonds is 3. The highest BCUT2D eigenvalue weighted by Gasteiger charge is 2.05. The summed E-state index contributed by atoms with van der Waals surface area (Å²) in [7, 11) is 0. The van der Waals surface area contributed by atoms with Crippen LogP contribution in [-0.2, 0) is 5.75 Å². The second-order valence-corrected chi connectivity index (χ2v) is 6.02. The Labute approximate surface area is 124 Å². The van der Waals surface area contributed by atoms with Crippen molar-refractivity contribution in [3.63, 3.8) is 0 Å². The molecule has 100 valence electrons. The van der Waals surface area contributed by atoms with Gasteiger partial charge in [-0.05, 0) is 36.6 Å². The highest BCUT2D eigenvalue weighted by Crippen LogP contribution is 2.27. The molecule has 0 spiro atoms. The first-order valence-corrected chi connectivity index (χ1v) is 7.76. The molecule has 1 heterocycles. The third kappa shape index (κ3) is 2.70. The highest BCUT2D eigenvalue weighted by molar-refractivity contribution is 7.98. The smallest absolute Gasteiger partial charge is 0.0973 e. The average molecular weight is 279 g/mol. The number of para-hydroxylation sites is 1. The van der Waals surface area contributed by atoms with E-state index in [-0.39, 0.29) is 0 Å². The molecule has 1 nitrogen and oxygen atoms in total. The monoisotopic (exact) mass is 279 g/mol. The molecule has 0 bridgehead atoms. The lowest BCUT2D eigenvalue weighted by Crippen LogP contribution is -1.90. The predicted molar refractivity (Wildman–Crippen MR) is 87.2 cm³/mol. The number of nitrogens with zero attached hydrogens (tertiary/aromatic N) is 1. The lowest BCUT2D eigenvalue weighted by atomic mass is 10.1. The number of benzene rings is 2. The van der Waals surface area contributed by atoms with Crippen molar-refractivity contribution >= 4 is 22.7 Å². The van der Waals surface area contributed by atoms with E-state index in [1.54, 1.807) is 11.8 Å². The van der Waals surface area contributed by atoms with Gasteiger partial charge in [-0.3, -0.25) is 0 Å². The second kappa shape index (κ2) is 5.68. The van der Waals surface area contributed by atoms with Crippen LogP contribution in [-0.4, -0.2) is 4.98 Å². The molecule has 1 aromatic heterocycles. The lowest BCUT2D eigenvalue weighted by molar-refractivity contribution is 1.15. The summed E-state index contributed by atoms with van der Waals surface area (Å²) in [6.07, 6.45) is 0. The maximum Gasteiger partial charge on any atom is 0.0973 e. The minimum atomic E-state index is 0.963. The zero-order valence-corrected chi connectivity index (χ0v) is 12.6. The van der Waals surface area contributed by atoms with Crippen LogP contribution >= 0.6 is 11.8 Å². The number of fused-ring (bicyclic) bond motifs is 1. The Kier molecular flexibility index (Phi) is 3.75. The number of thioether (sulfide) groups is 1. The van der Waals surface area contributed by atoms with E-state index in [2.05, 4.69) is 68.4 Å². The van der Waals surface area contributed by atoms with Gasteiger partial charge in [0.1, 0.15) is 0 Å². The molecule has 2 aromatic carbocycles. The molecular formula is C18H17NS. The van der Waals surface area contributed by atoms with Crippen LogP contribution in [0.25, 0.3) is 10.9 Å². The largest absolute Gasteiger partial charge is 0.241 e. The molecule has 20 heavy (non-hydrogen) atoms. The molecule has 0 fully saturated rings. The van der Waals surface area contributed by atoms with Crippen LogP contribution in [0.3, 0.4) is 0 Å². The number of pyridine rings is 1. The van der Waals surface area contributed by atoms with Crippen molar-refractivity contribution < 1.29 is 0 Å². The normalized spacial score (nSPS) is 10.9. The van der Waals surface area contributed by atoms with Crippen molar-refractivity contribution in [2.24, 2.45) is 0 Å². The fourth-order valence-corrected chi connectivity index (χ4v) is 3.26. The average Bonchev–Trinajstić information content (AvgIpc) is 2.47. The van der Waals surface area contributed by atoms with Crippen molar-refractivity contribution in [1.29, 1.82) is 0 Å². The Balaban J connectivity index is 1.91. The third-order valence-corrected chi connectivity index (χ3v) is 4.44. The van der Waals surface area contributed by atoms with E-state index in [1.807, 2.05) is 0 Å². The summed E-state index contributed by atoms with van der Waals surface area (Å²) in [6.45, 7) is 4.29. The van der Waals surface area contributed by atoms with Gasteiger partial charge in [-0.15, -0.1) is 11.8 Å². The van der Waals surface area contributed by atoms with Crippen LogP contribution in [0.1, 0.15) is 16.7 Å². The first-order valence-electron chi connectivity index (χ1n) is 6.78. The lowest BCUT2D eigenvalue weighted by Gasteiger charge is -2.08. The fourth-order valence-electron chi connectivity index (χ4n) is 2.34.